The van der Waals surface area contributed by atoms with Crippen molar-refractivity contribution in [3.63, 3.8) is 0 Å². The van der Waals surface area contributed by atoms with Crippen LogP contribution in [-0.4, -0.2) is 35.8 Å². The summed E-state index contributed by atoms with van der Waals surface area (Å²) in [5.41, 5.74) is 2.27. The van der Waals surface area contributed by atoms with Gasteiger partial charge in [0.1, 0.15) is 11.9 Å². The van der Waals surface area contributed by atoms with Crippen LogP contribution < -0.4 is 5.32 Å². The summed E-state index contributed by atoms with van der Waals surface area (Å²) < 4.78 is 13.8. The van der Waals surface area contributed by atoms with Crippen LogP contribution in [0.15, 0.2) is 36.4 Å². The summed E-state index contributed by atoms with van der Waals surface area (Å²) in [6, 6.07) is 9.29. The fourth-order valence-electron chi connectivity index (χ4n) is 2.89. The number of halogens is 2. The molecule has 25 heavy (non-hydrogen) atoms. The third-order valence-electron chi connectivity index (χ3n) is 4.45. The lowest BCUT2D eigenvalue weighted by atomic mass is 10.0. The number of hydrogen-bond acceptors (Lipinski definition) is 2. The fourth-order valence-corrected chi connectivity index (χ4v) is 3.21. The van der Waals surface area contributed by atoms with Crippen molar-refractivity contribution in [1.29, 1.82) is 0 Å². The Morgan fingerprint density at radius 1 is 1.28 bits per heavy atom. The Labute approximate surface area is 150 Å². The Hall–Kier alpha value is -2.40. The number of nitrogens with zero attached hydrogens (tertiary/aromatic N) is 1. The van der Waals surface area contributed by atoms with Crippen molar-refractivity contribution in [3.05, 3.63) is 58.4 Å². The predicted molar refractivity (Wildman–Crippen MR) is 95.1 cm³/mol. The third kappa shape index (κ3) is 3.37. The Bertz CT molecular complexity index is 836. The second-order valence-corrected chi connectivity index (χ2v) is 6.53. The maximum absolute atomic E-state index is 13.8. The molecule has 0 aromatic heterocycles. The van der Waals surface area contributed by atoms with Gasteiger partial charge in [-0.05, 0) is 49.2 Å². The van der Waals surface area contributed by atoms with Crippen molar-refractivity contribution in [2.75, 3.05) is 13.1 Å². The normalized spacial score (nSPS) is 17.4. The van der Waals surface area contributed by atoms with Crippen molar-refractivity contribution in [3.8, 4) is 11.1 Å². The second kappa shape index (κ2) is 6.84. The Morgan fingerprint density at radius 3 is 2.64 bits per heavy atom. The molecule has 1 aliphatic rings. The van der Waals surface area contributed by atoms with Crippen molar-refractivity contribution < 1.29 is 14.0 Å². The van der Waals surface area contributed by atoms with Crippen LogP contribution in [0, 0.1) is 12.7 Å². The number of aryl methyl sites for hydroxylation is 1. The quantitative estimate of drug-likeness (QED) is 0.892. The summed E-state index contributed by atoms with van der Waals surface area (Å²) in [7, 11) is 0. The molecule has 1 fully saturated rings. The molecule has 1 aliphatic heterocycles. The summed E-state index contributed by atoms with van der Waals surface area (Å²) in [5, 5.41) is 3.19. The first kappa shape index (κ1) is 17.4. The number of carbonyl (C=O) groups excluding carboxylic acids is 2. The highest BCUT2D eigenvalue weighted by molar-refractivity contribution is 6.33. The number of hydrogen-bond donors (Lipinski definition) is 1. The van der Waals surface area contributed by atoms with E-state index in [0.29, 0.717) is 34.8 Å². The summed E-state index contributed by atoms with van der Waals surface area (Å²) >= 11 is 6.21. The minimum atomic E-state index is -0.499. The summed E-state index contributed by atoms with van der Waals surface area (Å²) in [4.78, 5) is 25.9. The van der Waals surface area contributed by atoms with E-state index in [1.165, 1.54) is 6.07 Å². The maximum Gasteiger partial charge on any atom is 0.254 e. The zero-order chi connectivity index (χ0) is 18.1. The molecular weight excluding hydrogens is 343 g/mol. The molecule has 2 amide bonds. The lowest BCUT2D eigenvalue weighted by Gasteiger charge is -2.32. The molecule has 1 unspecified atom stereocenters. The molecular formula is C19H18ClFN2O2. The molecule has 0 spiro atoms. The summed E-state index contributed by atoms with van der Waals surface area (Å²) in [6.07, 6.45) is 0. The fraction of sp³-hybridized carbons (Fsp3) is 0.263. The van der Waals surface area contributed by atoms with E-state index >= 15 is 0 Å². The average Bonchev–Trinajstić information content (AvgIpc) is 2.60. The first-order valence-electron chi connectivity index (χ1n) is 8.03. The van der Waals surface area contributed by atoms with E-state index in [1.807, 2.05) is 0 Å². The smallest absolute Gasteiger partial charge is 0.254 e. The topological polar surface area (TPSA) is 49.4 Å². The molecule has 3 rings (SSSR count). The van der Waals surface area contributed by atoms with Crippen molar-refractivity contribution in [2.24, 2.45) is 0 Å². The molecule has 4 nitrogen and oxygen atoms in total. The van der Waals surface area contributed by atoms with Crippen LogP contribution in [0.4, 0.5) is 4.39 Å². The van der Waals surface area contributed by atoms with Gasteiger partial charge in [0.15, 0.2) is 0 Å². The number of amides is 2. The van der Waals surface area contributed by atoms with Crippen LogP contribution in [0.2, 0.25) is 5.02 Å². The van der Waals surface area contributed by atoms with Gasteiger partial charge in [0.05, 0.1) is 0 Å². The van der Waals surface area contributed by atoms with Gasteiger partial charge >= 0.3 is 0 Å². The average molecular weight is 361 g/mol. The molecule has 0 aliphatic carbocycles. The second-order valence-electron chi connectivity index (χ2n) is 6.12. The van der Waals surface area contributed by atoms with E-state index in [0.717, 1.165) is 5.56 Å². The predicted octanol–water partition coefficient (Wildman–Crippen LogP) is 3.42. The van der Waals surface area contributed by atoms with Gasteiger partial charge in [0, 0.05) is 29.2 Å². The molecule has 0 bridgehead atoms. The molecule has 2 aromatic carbocycles. The van der Waals surface area contributed by atoms with Gasteiger partial charge in [-0.25, -0.2) is 4.39 Å². The van der Waals surface area contributed by atoms with E-state index in [9.17, 15) is 14.0 Å². The van der Waals surface area contributed by atoms with Gasteiger partial charge in [-0.1, -0.05) is 23.7 Å². The third-order valence-corrected chi connectivity index (χ3v) is 4.76. The van der Waals surface area contributed by atoms with Crippen LogP contribution in [0.5, 0.6) is 0 Å². The van der Waals surface area contributed by atoms with Gasteiger partial charge in [0.25, 0.3) is 5.91 Å². The standard InChI is InChI=1S/C19H18ClFN2O2/c1-11-9-16(20)15(10-17(11)21)13-3-5-14(6-4-13)19(25)23-8-7-22-18(24)12(23)2/h3-6,9-10,12H,7-8H2,1-2H3,(H,22,24). The molecule has 6 heteroatoms. The largest absolute Gasteiger partial charge is 0.353 e. The molecule has 1 saturated heterocycles. The molecule has 1 N–H and O–H groups in total. The first-order chi connectivity index (χ1) is 11.9. The Kier molecular flexibility index (Phi) is 4.77. The van der Waals surface area contributed by atoms with E-state index < -0.39 is 6.04 Å². The lowest BCUT2D eigenvalue weighted by molar-refractivity contribution is -0.127. The monoisotopic (exact) mass is 360 g/mol. The first-order valence-corrected chi connectivity index (χ1v) is 8.41. The molecule has 1 heterocycles. The molecule has 1 atom stereocenters. The van der Waals surface area contributed by atoms with E-state index in [2.05, 4.69) is 5.32 Å². The minimum absolute atomic E-state index is 0.155. The highest BCUT2D eigenvalue weighted by atomic mass is 35.5. The lowest BCUT2D eigenvalue weighted by Crippen LogP contribution is -2.55. The van der Waals surface area contributed by atoms with Gasteiger partial charge in [-0.2, -0.15) is 0 Å². The van der Waals surface area contributed by atoms with Gasteiger partial charge in [-0.3, -0.25) is 9.59 Å². The molecule has 0 saturated carbocycles. The number of benzene rings is 2. The zero-order valence-corrected chi connectivity index (χ0v) is 14.7. The van der Waals surface area contributed by atoms with Gasteiger partial charge < -0.3 is 10.2 Å². The van der Waals surface area contributed by atoms with Crippen molar-refractivity contribution in [1.82, 2.24) is 10.2 Å². The highest BCUT2D eigenvalue weighted by Gasteiger charge is 2.29. The van der Waals surface area contributed by atoms with Gasteiger partial charge in [-0.15, -0.1) is 0 Å². The highest BCUT2D eigenvalue weighted by Crippen LogP contribution is 2.30. The minimum Gasteiger partial charge on any atom is -0.353 e. The van der Waals surface area contributed by atoms with Gasteiger partial charge in [0.2, 0.25) is 5.91 Å². The number of piperazine rings is 1. The van der Waals surface area contributed by atoms with Crippen LogP contribution >= 0.6 is 11.6 Å². The molecule has 0 radical (unpaired) electrons. The van der Waals surface area contributed by atoms with Crippen molar-refractivity contribution in [2.45, 2.75) is 19.9 Å². The molecule has 2 aromatic rings. The Balaban J connectivity index is 1.86. The van der Waals surface area contributed by atoms with Crippen LogP contribution in [0.1, 0.15) is 22.8 Å². The molecule has 130 valence electrons. The zero-order valence-electron chi connectivity index (χ0n) is 14.0. The van der Waals surface area contributed by atoms with Crippen molar-refractivity contribution >= 4 is 23.4 Å². The van der Waals surface area contributed by atoms with E-state index in [1.54, 1.807) is 49.1 Å². The number of nitrogens with one attached hydrogen (secondary N) is 1. The Morgan fingerprint density at radius 2 is 1.96 bits per heavy atom. The SMILES string of the molecule is Cc1cc(Cl)c(-c2ccc(C(=O)N3CCNC(=O)C3C)cc2)cc1F. The van der Waals surface area contributed by atoms with Crippen LogP contribution in [0.3, 0.4) is 0 Å². The number of rotatable bonds is 2. The van der Waals surface area contributed by atoms with Crippen LogP contribution in [-0.2, 0) is 4.79 Å². The van der Waals surface area contributed by atoms with E-state index in [4.69, 9.17) is 11.6 Å². The number of carbonyl (C=O) groups is 2. The maximum atomic E-state index is 13.8. The van der Waals surface area contributed by atoms with Crippen LogP contribution in [0.25, 0.3) is 11.1 Å². The summed E-state index contributed by atoms with van der Waals surface area (Å²) in [6.45, 7) is 4.28. The van der Waals surface area contributed by atoms with E-state index in [-0.39, 0.29) is 17.6 Å². The summed E-state index contributed by atoms with van der Waals surface area (Å²) in [5.74, 6) is -0.680.